The predicted molar refractivity (Wildman–Crippen MR) is 53.4 cm³/mol. The summed E-state index contributed by atoms with van der Waals surface area (Å²) < 4.78 is 40.7. The highest BCUT2D eigenvalue weighted by atomic mass is 19.4. The van der Waals surface area contributed by atoms with E-state index in [2.05, 4.69) is 0 Å². The van der Waals surface area contributed by atoms with Crippen LogP contribution in [-0.4, -0.2) is 35.5 Å². The number of nitrogens with two attached hydrogens (primary N) is 1. The van der Waals surface area contributed by atoms with E-state index in [1.165, 1.54) is 0 Å². The third-order valence-corrected chi connectivity index (χ3v) is 2.91. The fraction of sp³-hybridized carbons (Fsp3) is 0.900. The topological polar surface area (TPSA) is 72.6 Å². The molecule has 3 N–H and O–H groups in total. The van der Waals surface area contributed by atoms with Crippen LogP contribution in [-0.2, 0) is 9.53 Å². The number of hydrogen-bond donors (Lipinski definition) is 2. The van der Waals surface area contributed by atoms with Crippen LogP contribution in [0.4, 0.5) is 13.2 Å². The van der Waals surface area contributed by atoms with Gasteiger partial charge in [-0.25, -0.2) is 0 Å². The zero-order valence-corrected chi connectivity index (χ0v) is 9.29. The zero-order chi connectivity index (χ0) is 13.1. The molecule has 0 bridgehead atoms. The van der Waals surface area contributed by atoms with Crippen LogP contribution in [0, 0.1) is 0 Å². The van der Waals surface area contributed by atoms with E-state index in [1.807, 2.05) is 0 Å². The van der Waals surface area contributed by atoms with Crippen molar-refractivity contribution in [3.05, 3.63) is 0 Å². The van der Waals surface area contributed by atoms with Crippen LogP contribution in [0.3, 0.4) is 0 Å². The number of halogens is 3. The molecule has 0 radical (unpaired) electrons. The molecule has 1 aliphatic carbocycles. The molecule has 17 heavy (non-hydrogen) atoms. The Kier molecular flexibility index (Phi) is 4.37. The smallest absolute Gasteiger partial charge is 0.391 e. The molecule has 100 valence electrons. The lowest BCUT2D eigenvalue weighted by molar-refractivity contribution is -0.156. The summed E-state index contributed by atoms with van der Waals surface area (Å²) in [5, 5.41) is 8.91. The molecule has 1 saturated carbocycles. The van der Waals surface area contributed by atoms with Gasteiger partial charge in [0.2, 0.25) is 0 Å². The second-order valence-electron chi connectivity index (χ2n) is 4.42. The number of alkyl halides is 3. The molecule has 0 aliphatic heterocycles. The van der Waals surface area contributed by atoms with Gasteiger partial charge in [0.1, 0.15) is 5.54 Å². The van der Waals surface area contributed by atoms with Gasteiger partial charge in [-0.2, -0.15) is 13.2 Å². The molecular weight excluding hydrogens is 239 g/mol. The zero-order valence-electron chi connectivity index (χ0n) is 9.29. The minimum absolute atomic E-state index is 0.0696. The van der Waals surface area contributed by atoms with Crippen molar-refractivity contribution in [1.82, 2.24) is 0 Å². The number of aliphatic carboxylic acids is 1. The summed E-state index contributed by atoms with van der Waals surface area (Å²) in [5.41, 5.74) is 4.29. The first-order chi connectivity index (χ1) is 7.73. The Labute approximate surface area is 96.9 Å². The first-order valence-electron chi connectivity index (χ1n) is 5.43. The van der Waals surface area contributed by atoms with E-state index in [0.29, 0.717) is 19.3 Å². The monoisotopic (exact) mass is 255 g/mol. The van der Waals surface area contributed by atoms with Crippen molar-refractivity contribution in [3.8, 4) is 0 Å². The van der Waals surface area contributed by atoms with E-state index >= 15 is 0 Å². The number of carboxylic acid groups (broad SMARTS) is 1. The summed E-state index contributed by atoms with van der Waals surface area (Å²) in [6.07, 6.45) is -4.24. The molecule has 2 unspecified atom stereocenters. The van der Waals surface area contributed by atoms with Crippen molar-refractivity contribution in [2.45, 2.75) is 49.9 Å². The maximum absolute atomic E-state index is 11.9. The average molecular weight is 255 g/mol. The lowest BCUT2D eigenvalue weighted by Gasteiger charge is -2.34. The maximum Gasteiger partial charge on any atom is 0.391 e. The molecule has 1 rings (SSSR count). The second-order valence-corrected chi connectivity index (χ2v) is 4.42. The minimum atomic E-state index is -4.25. The Bertz CT molecular complexity index is 282. The summed E-state index contributed by atoms with van der Waals surface area (Å²) >= 11 is 0. The second kappa shape index (κ2) is 5.22. The number of rotatable bonds is 4. The van der Waals surface area contributed by atoms with E-state index in [-0.39, 0.29) is 6.42 Å². The van der Waals surface area contributed by atoms with Crippen molar-refractivity contribution in [2.24, 2.45) is 5.73 Å². The van der Waals surface area contributed by atoms with E-state index in [4.69, 9.17) is 15.6 Å². The van der Waals surface area contributed by atoms with Gasteiger partial charge in [-0.15, -0.1) is 0 Å². The van der Waals surface area contributed by atoms with Gasteiger partial charge in [-0.05, 0) is 19.3 Å². The fourth-order valence-electron chi connectivity index (χ4n) is 1.93. The summed E-state index contributed by atoms with van der Waals surface area (Å²) in [6.45, 7) is -0.441. The quantitative estimate of drug-likeness (QED) is 0.801. The molecule has 4 nitrogen and oxygen atoms in total. The van der Waals surface area contributed by atoms with Gasteiger partial charge in [-0.1, -0.05) is 0 Å². The van der Waals surface area contributed by atoms with E-state index in [1.54, 1.807) is 0 Å². The van der Waals surface area contributed by atoms with Crippen LogP contribution in [0.15, 0.2) is 0 Å². The first kappa shape index (κ1) is 14.2. The molecule has 1 aliphatic rings. The number of carbonyl (C=O) groups is 1. The Morgan fingerprint density at radius 2 is 2.18 bits per heavy atom. The highest BCUT2D eigenvalue weighted by Crippen LogP contribution is 2.29. The Balaban J connectivity index is 2.38. The number of carboxylic acids is 1. The third kappa shape index (κ3) is 4.51. The lowest BCUT2D eigenvalue weighted by Crippen LogP contribution is -2.52. The fourth-order valence-corrected chi connectivity index (χ4v) is 1.93. The van der Waals surface area contributed by atoms with E-state index in [9.17, 15) is 18.0 Å². The van der Waals surface area contributed by atoms with Gasteiger partial charge >= 0.3 is 12.1 Å². The van der Waals surface area contributed by atoms with Crippen LogP contribution in [0.2, 0.25) is 0 Å². The maximum atomic E-state index is 11.9. The standard InChI is InChI=1S/C10H16F3NO3/c11-10(12,13)4-5-17-7-2-1-3-9(14,6-7)8(15)16/h7H,1-6,14H2,(H,15,16). The van der Waals surface area contributed by atoms with Gasteiger partial charge < -0.3 is 15.6 Å². The molecule has 0 spiro atoms. The average Bonchev–Trinajstić information content (AvgIpc) is 2.15. The summed E-state index contributed by atoms with van der Waals surface area (Å²) in [6, 6.07) is 0. The van der Waals surface area contributed by atoms with Gasteiger partial charge in [0, 0.05) is 6.42 Å². The SMILES string of the molecule is NC1(C(=O)O)CCCC(OCCC(F)(F)F)C1. The van der Waals surface area contributed by atoms with Crippen LogP contribution < -0.4 is 5.73 Å². The summed E-state index contributed by atoms with van der Waals surface area (Å²) in [4.78, 5) is 10.9. The molecule has 0 aromatic carbocycles. The van der Waals surface area contributed by atoms with Crippen LogP contribution in [0.1, 0.15) is 32.1 Å². The van der Waals surface area contributed by atoms with E-state index < -0.39 is 36.8 Å². The van der Waals surface area contributed by atoms with E-state index in [0.717, 1.165) is 0 Å². The molecule has 0 saturated heterocycles. The molecule has 0 aromatic rings. The van der Waals surface area contributed by atoms with Gasteiger partial charge in [0.25, 0.3) is 0 Å². The Hall–Kier alpha value is -0.820. The van der Waals surface area contributed by atoms with Crippen LogP contribution in [0.25, 0.3) is 0 Å². The van der Waals surface area contributed by atoms with Crippen LogP contribution >= 0.6 is 0 Å². The van der Waals surface area contributed by atoms with Gasteiger partial charge in [-0.3, -0.25) is 4.79 Å². The molecule has 7 heteroatoms. The van der Waals surface area contributed by atoms with Crippen molar-refractivity contribution in [3.63, 3.8) is 0 Å². The minimum Gasteiger partial charge on any atom is -0.480 e. The van der Waals surface area contributed by atoms with Gasteiger partial charge in [0.05, 0.1) is 19.1 Å². The highest BCUT2D eigenvalue weighted by Gasteiger charge is 2.40. The third-order valence-electron chi connectivity index (χ3n) is 2.91. The first-order valence-corrected chi connectivity index (χ1v) is 5.43. The Morgan fingerprint density at radius 3 is 2.71 bits per heavy atom. The predicted octanol–water partition coefficient (Wildman–Crippen LogP) is 1.68. The normalized spacial score (nSPS) is 30.2. The lowest BCUT2D eigenvalue weighted by atomic mass is 9.81. The number of hydrogen-bond acceptors (Lipinski definition) is 3. The van der Waals surface area contributed by atoms with Gasteiger partial charge in [0.15, 0.2) is 0 Å². The van der Waals surface area contributed by atoms with Crippen molar-refractivity contribution >= 4 is 5.97 Å². The van der Waals surface area contributed by atoms with Crippen LogP contribution in [0.5, 0.6) is 0 Å². The largest absolute Gasteiger partial charge is 0.480 e. The molecular formula is C10H16F3NO3. The summed E-state index contributed by atoms with van der Waals surface area (Å²) in [7, 11) is 0. The molecule has 2 atom stereocenters. The molecule has 0 amide bonds. The molecule has 1 fully saturated rings. The van der Waals surface area contributed by atoms with Crippen molar-refractivity contribution < 1.29 is 27.8 Å². The molecule has 0 heterocycles. The van der Waals surface area contributed by atoms with Crippen molar-refractivity contribution in [2.75, 3.05) is 6.61 Å². The summed E-state index contributed by atoms with van der Waals surface area (Å²) in [5.74, 6) is -1.12. The highest BCUT2D eigenvalue weighted by molar-refractivity contribution is 5.78. The molecule has 0 aromatic heterocycles. The number of ether oxygens (including phenoxy) is 1. The Morgan fingerprint density at radius 1 is 1.53 bits per heavy atom. The van der Waals surface area contributed by atoms with Crippen molar-refractivity contribution in [1.29, 1.82) is 0 Å².